The number of primary sulfonamides is 1. The molecule has 5 N–H and O–H groups in total. The first kappa shape index (κ1) is 21.7. The third-order valence-corrected chi connectivity index (χ3v) is 5.02. The summed E-state index contributed by atoms with van der Waals surface area (Å²) in [6, 6.07) is 10.4. The van der Waals surface area contributed by atoms with E-state index in [9.17, 15) is 18.0 Å². The zero-order valence-corrected chi connectivity index (χ0v) is 16.6. The van der Waals surface area contributed by atoms with Gasteiger partial charge in [0.1, 0.15) is 0 Å². The van der Waals surface area contributed by atoms with Gasteiger partial charge < -0.3 is 15.8 Å². The molecule has 2 rings (SSSR count). The predicted molar refractivity (Wildman–Crippen MR) is 105 cm³/mol. The van der Waals surface area contributed by atoms with E-state index in [-0.39, 0.29) is 22.7 Å². The number of nitrogens with one attached hydrogen (secondary N) is 1. The minimum atomic E-state index is -3.74. The average molecular weight is 426 g/mol. The molecule has 0 saturated heterocycles. The molecule has 10 heteroatoms. The molecule has 0 fully saturated rings. The van der Waals surface area contributed by atoms with Crippen LogP contribution in [0.4, 0.5) is 5.69 Å². The molecule has 8 nitrogen and oxygen atoms in total. The Balaban J connectivity index is 1.84. The maximum atomic E-state index is 12.1. The van der Waals surface area contributed by atoms with Crippen LogP contribution in [0.5, 0.6) is 0 Å². The molecule has 0 radical (unpaired) electrons. The van der Waals surface area contributed by atoms with Gasteiger partial charge in [-0.05, 0) is 49.2 Å². The Morgan fingerprint density at radius 1 is 1.18 bits per heavy atom. The van der Waals surface area contributed by atoms with Crippen molar-refractivity contribution in [3.8, 4) is 0 Å². The molecule has 0 aliphatic rings. The van der Waals surface area contributed by atoms with Crippen LogP contribution < -0.4 is 16.2 Å². The molecule has 0 heterocycles. The summed E-state index contributed by atoms with van der Waals surface area (Å²) in [5.41, 5.74) is 6.82. The number of amides is 1. The van der Waals surface area contributed by atoms with Gasteiger partial charge in [-0.15, -0.1) is 0 Å². The van der Waals surface area contributed by atoms with Crippen molar-refractivity contribution in [2.45, 2.75) is 24.3 Å². The van der Waals surface area contributed by atoms with Gasteiger partial charge in [-0.3, -0.25) is 4.79 Å². The van der Waals surface area contributed by atoms with Crippen LogP contribution in [0.1, 0.15) is 22.8 Å². The molecule has 28 heavy (non-hydrogen) atoms. The highest BCUT2D eigenvalue weighted by atomic mass is 35.5. The van der Waals surface area contributed by atoms with Crippen molar-refractivity contribution in [3.63, 3.8) is 0 Å². The van der Waals surface area contributed by atoms with E-state index in [2.05, 4.69) is 5.32 Å². The molecular formula is C18H20ClN3O5S. The monoisotopic (exact) mass is 425 g/mol. The first-order valence-electron chi connectivity index (χ1n) is 8.23. The molecule has 1 amide bonds. The zero-order valence-electron chi connectivity index (χ0n) is 15.0. The largest absolute Gasteiger partial charge is 0.449 e. The summed E-state index contributed by atoms with van der Waals surface area (Å²) in [4.78, 5) is 24.2. The highest BCUT2D eigenvalue weighted by molar-refractivity contribution is 7.89. The third-order valence-electron chi connectivity index (χ3n) is 3.85. The molecule has 2 aromatic rings. The van der Waals surface area contributed by atoms with Gasteiger partial charge in [-0.25, -0.2) is 18.4 Å². The van der Waals surface area contributed by atoms with Crippen LogP contribution in [-0.4, -0.2) is 32.9 Å². The maximum absolute atomic E-state index is 12.1. The average Bonchev–Trinajstić information content (AvgIpc) is 2.61. The van der Waals surface area contributed by atoms with E-state index in [0.717, 1.165) is 5.56 Å². The Bertz CT molecular complexity index is 977. The molecule has 0 saturated carbocycles. The van der Waals surface area contributed by atoms with Gasteiger partial charge in [0.2, 0.25) is 10.0 Å². The van der Waals surface area contributed by atoms with Crippen LogP contribution in [0.15, 0.2) is 47.4 Å². The van der Waals surface area contributed by atoms with Gasteiger partial charge in [0.25, 0.3) is 5.91 Å². The minimum Gasteiger partial charge on any atom is -0.449 e. The molecule has 1 atom stereocenters. The van der Waals surface area contributed by atoms with Crippen molar-refractivity contribution in [1.82, 2.24) is 5.32 Å². The number of ether oxygens (including phenoxy) is 1. The zero-order chi connectivity index (χ0) is 20.9. The van der Waals surface area contributed by atoms with Crippen molar-refractivity contribution >= 4 is 39.2 Å². The number of carbonyl (C=O) groups is 2. The van der Waals surface area contributed by atoms with Crippen molar-refractivity contribution in [1.29, 1.82) is 0 Å². The molecular weight excluding hydrogens is 406 g/mol. The topological polar surface area (TPSA) is 142 Å². The van der Waals surface area contributed by atoms with Crippen molar-refractivity contribution in [2.24, 2.45) is 5.14 Å². The lowest BCUT2D eigenvalue weighted by Crippen LogP contribution is -2.37. The molecule has 0 aliphatic heterocycles. The van der Waals surface area contributed by atoms with E-state index in [1.807, 2.05) is 0 Å². The minimum absolute atomic E-state index is 0.0160. The number of nitrogen functional groups attached to an aromatic ring is 1. The van der Waals surface area contributed by atoms with Crippen LogP contribution >= 0.6 is 11.6 Å². The van der Waals surface area contributed by atoms with Crippen LogP contribution in [0.25, 0.3) is 0 Å². The molecule has 0 bridgehead atoms. The van der Waals surface area contributed by atoms with E-state index < -0.39 is 28.0 Å². The normalized spacial score (nSPS) is 12.2. The summed E-state index contributed by atoms with van der Waals surface area (Å²) in [5.74, 6) is -1.20. The standard InChI is InChI=1S/C18H20ClN3O5S/c1-11(27-18(24)15-7-4-13(19)10-16(15)20)17(23)22-9-8-12-2-5-14(6-3-12)28(21,25)26/h2-7,10-11H,8-9,20H2,1H3,(H,22,23)(H2,21,25,26). The van der Waals surface area contributed by atoms with Gasteiger partial charge in [-0.1, -0.05) is 23.7 Å². The first-order valence-corrected chi connectivity index (χ1v) is 10.2. The van der Waals surface area contributed by atoms with Crippen LogP contribution in [0.3, 0.4) is 0 Å². The van der Waals surface area contributed by atoms with Crippen LogP contribution in [0.2, 0.25) is 5.02 Å². The number of nitrogens with two attached hydrogens (primary N) is 2. The number of rotatable bonds is 7. The summed E-state index contributed by atoms with van der Waals surface area (Å²) in [7, 11) is -3.74. The summed E-state index contributed by atoms with van der Waals surface area (Å²) >= 11 is 5.78. The quantitative estimate of drug-likeness (QED) is 0.453. The van der Waals surface area contributed by atoms with Crippen LogP contribution in [-0.2, 0) is 26.0 Å². The summed E-state index contributed by atoms with van der Waals surface area (Å²) in [6.45, 7) is 1.72. The van der Waals surface area contributed by atoms with E-state index in [4.69, 9.17) is 27.2 Å². The van der Waals surface area contributed by atoms with Gasteiger partial charge in [0.05, 0.1) is 10.5 Å². The Morgan fingerprint density at radius 2 is 1.82 bits per heavy atom. The summed E-state index contributed by atoms with van der Waals surface area (Å²) in [5, 5.41) is 8.07. The lowest BCUT2D eigenvalue weighted by Gasteiger charge is -2.14. The van der Waals surface area contributed by atoms with E-state index in [0.29, 0.717) is 11.4 Å². The van der Waals surface area contributed by atoms with Gasteiger partial charge in [-0.2, -0.15) is 0 Å². The number of anilines is 1. The first-order chi connectivity index (χ1) is 13.1. The lowest BCUT2D eigenvalue weighted by atomic mass is 10.1. The van der Waals surface area contributed by atoms with E-state index in [1.54, 1.807) is 12.1 Å². The molecule has 2 aromatic carbocycles. The smallest absolute Gasteiger partial charge is 0.341 e. The molecule has 150 valence electrons. The van der Waals surface area contributed by atoms with Gasteiger partial charge >= 0.3 is 5.97 Å². The van der Waals surface area contributed by atoms with Crippen molar-refractivity contribution in [2.75, 3.05) is 12.3 Å². The number of hydrogen-bond donors (Lipinski definition) is 3. The Morgan fingerprint density at radius 3 is 2.39 bits per heavy atom. The lowest BCUT2D eigenvalue weighted by molar-refractivity contribution is -0.129. The van der Waals surface area contributed by atoms with Gasteiger partial charge in [0.15, 0.2) is 6.10 Å². The fraction of sp³-hybridized carbons (Fsp3) is 0.222. The highest BCUT2D eigenvalue weighted by Crippen LogP contribution is 2.19. The number of hydrogen-bond acceptors (Lipinski definition) is 6. The van der Waals surface area contributed by atoms with Gasteiger partial charge in [0, 0.05) is 17.3 Å². The SMILES string of the molecule is CC(OC(=O)c1ccc(Cl)cc1N)C(=O)NCCc1ccc(S(N)(=O)=O)cc1. The Hall–Kier alpha value is -2.62. The van der Waals surface area contributed by atoms with E-state index >= 15 is 0 Å². The molecule has 0 aromatic heterocycles. The molecule has 0 spiro atoms. The number of sulfonamides is 1. The molecule has 0 aliphatic carbocycles. The number of esters is 1. The fourth-order valence-corrected chi connectivity index (χ4v) is 3.01. The van der Waals surface area contributed by atoms with E-state index in [1.165, 1.54) is 37.3 Å². The second-order valence-corrected chi connectivity index (χ2v) is 8.01. The molecule has 1 unspecified atom stereocenters. The highest BCUT2D eigenvalue weighted by Gasteiger charge is 2.20. The Kier molecular flexibility index (Phi) is 7.00. The summed E-state index contributed by atoms with van der Waals surface area (Å²) < 4.78 is 27.6. The number of halogens is 1. The third kappa shape index (κ3) is 5.95. The fourth-order valence-electron chi connectivity index (χ4n) is 2.32. The predicted octanol–water partition coefficient (Wildman–Crippen LogP) is 1.47. The van der Waals surface area contributed by atoms with Crippen molar-refractivity contribution < 1.29 is 22.7 Å². The Labute approximate surface area is 167 Å². The van der Waals surface area contributed by atoms with Crippen molar-refractivity contribution in [3.05, 3.63) is 58.6 Å². The van der Waals surface area contributed by atoms with Crippen LogP contribution in [0, 0.1) is 0 Å². The second-order valence-electron chi connectivity index (χ2n) is 6.01. The second kappa shape index (κ2) is 9.05. The maximum Gasteiger partial charge on any atom is 0.341 e. The number of benzene rings is 2. The number of carbonyl (C=O) groups excluding carboxylic acids is 2. The summed E-state index contributed by atoms with van der Waals surface area (Å²) in [6.07, 6.45) is -0.561.